The van der Waals surface area contributed by atoms with Gasteiger partial charge in [-0.3, -0.25) is 4.79 Å². The molecule has 1 amide bonds. The molecule has 0 radical (unpaired) electrons. The fourth-order valence-electron chi connectivity index (χ4n) is 1.39. The van der Waals surface area contributed by atoms with Gasteiger partial charge in [0, 0.05) is 26.2 Å². The number of nitrogens with zero attached hydrogens (tertiary/aromatic N) is 2. The first-order valence-corrected chi connectivity index (χ1v) is 6.17. The minimum Gasteiger partial charge on any atom is -0.354 e. The van der Waals surface area contributed by atoms with Gasteiger partial charge in [-0.15, -0.1) is 0 Å². The maximum absolute atomic E-state index is 11.5. The molecule has 17 heavy (non-hydrogen) atoms. The molecule has 0 aromatic carbocycles. The van der Waals surface area contributed by atoms with Gasteiger partial charge in [0.05, 0.1) is 0 Å². The summed E-state index contributed by atoms with van der Waals surface area (Å²) in [6.07, 6.45) is 1.18. The predicted molar refractivity (Wildman–Crippen MR) is 70.0 cm³/mol. The van der Waals surface area contributed by atoms with Crippen LogP contribution in [0.1, 0.15) is 27.2 Å². The summed E-state index contributed by atoms with van der Waals surface area (Å²) in [5, 5.41) is 6.57. The topological polar surface area (TPSA) is 56.7 Å². The van der Waals surface area contributed by atoms with E-state index in [9.17, 15) is 4.79 Å². The van der Waals surface area contributed by atoms with E-state index in [-0.39, 0.29) is 12.5 Å². The molecule has 0 aromatic rings. The van der Waals surface area contributed by atoms with Crippen LogP contribution in [-0.2, 0) is 4.79 Å². The molecule has 98 valence electrons. The van der Waals surface area contributed by atoms with Gasteiger partial charge >= 0.3 is 0 Å². The molecule has 0 aliphatic heterocycles. The van der Waals surface area contributed by atoms with Gasteiger partial charge in [-0.1, -0.05) is 6.92 Å². The van der Waals surface area contributed by atoms with Crippen molar-refractivity contribution in [2.75, 3.05) is 20.6 Å². The third-order valence-electron chi connectivity index (χ3n) is 2.73. The van der Waals surface area contributed by atoms with Crippen molar-refractivity contribution in [3.63, 3.8) is 0 Å². The summed E-state index contributed by atoms with van der Waals surface area (Å²) in [5.41, 5.74) is 0. The van der Waals surface area contributed by atoms with Gasteiger partial charge in [0.1, 0.15) is 6.54 Å². The second-order valence-corrected chi connectivity index (χ2v) is 5.22. The van der Waals surface area contributed by atoms with E-state index in [1.165, 1.54) is 6.42 Å². The Morgan fingerprint density at radius 2 is 2.06 bits per heavy atom. The average Bonchev–Trinajstić information content (AvgIpc) is 2.89. The van der Waals surface area contributed by atoms with E-state index in [1.807, 2.05) is 0 Å². The van der Waals surface area contributed by atoms with Crippen molar-refractivity contribution in [3.8, 4) is 0 Å². The largest absolute Gasteiger partial charge is 0.354 e. The molecule has 2 N–H and O–H groups in total. The molecule has 1 aliphatic carbocycles. The molecule has 5 nitrogen and oxygen atoms in total. The Balaban J connectivity index is 2.49. The number of aliphatic imine (C=N–C) groups is 1. The Bertz CT molecular complexity index is 299. The fraction of sp³-hybridized carbons (Fsp3) is 0.833. The molecule has 0 bridgehead atoms. The molecule has 0 aromatic heterocycles. The second-order valence-electron chi connectivity index (χ2n) is 5.22. The Morgan fingerprint density at radius 3 is 2.47 bits per heavy atom. The van der Waals surface area contributed by atoms with E-state index in [0.717, 1.165) is 5.96 Å². The number of guanidine groups is 1. The Labute approximate surface area is 104 Å². The smallest absolute Gasteiger partial charge is 0.243 e. The minimum atomic E-state index is 0.0127. The summed E-state index contributed by atoms with van der Waals surface area (Å²) in [6, 6.07) is 0.819. The number of likely N-dealkylation sites (N-methyl/N-ethyl adjacent to an activating group) is 1. The molecule has 1 saturated carbocycles. The lowest BCUT2D eigenvalue weighted by molar-refractivity contribution is -0.127. The molecule has 2 atom stereocenters. The normalized spacial score (nSPS) is 23.5. The molecule has 1 fully saturated rings. The van der Waals surface area contributed by atoms with E-state index in [1.54, 1.807) is 19.0 Å². The standard InChI is InChI=1S/C12H24N4O/c1-8(2)14-12(15-10-6-9(10)3)13-7-11(17)16(4)5/h8-10H,6-7H2,1-5H3,(H2,13,14,15). The van der Waals surface area contributed by atoms with Crippen molar-refractivity contribution < 1.29 is 4.79 Å². The lowest BCUT2D eigenvalue weighted by Gasteiger charge is -2.15. The van der Waals surface area contributed by atoms with Gasteiger partial charge in [-0.2, -0.15) is 0 Å². The van der Waals surface area contributed by atoms with Crippen LogP contribution in [0.15, 0.2) is 4.99 Å². The van der Waals surface area contributed by atoms with Crippen molar-refractivity contribution >= 4 is 11.9 Å². The summed E-state index contributed by atoms with van der Waals surface area (Å²) in [4.78, 5) is 17.3. The number of amides is 1. The number of carbonyl (C=O) groups excluding carboxylic acids is 1. The monoisotopic (exact) mass is 240 g/mol. The van der Waals surface area contributed by atoms with Crippen LogP contribution in [0.2, 0.25) is 0 Å². The van der Waals surface area contributed by atoms with Crippen LogP contribution in [0.3, 0.4) is 0 Å². The van der Waals surface area contributed by atoms with Crippen molar-refractivity contribution in [1.82, 2.24) is 15.5 Å². The van der Waals surface area contributed by atoms with Crippen molar-refractivity contribution in [2.45, 2.75) is 39.3 Å². The van der Waals surface area contributed by atoms with E-state index >= 15 is 0 Å². The molecule has 1 rings (SSSR count). The van der Waals surface area contributed by atoms with E-state index in [2.05, 4.69) is 36.4 Å². The zero-order valence-electron chi connectivity index (χ0n) is 11.4. The van der Waals surface area contributed by atoms with E-state index < -0.39 is 0 Å². The van der Waals surface area contributed by atoms with Gasteiger partial charge in [-0.25, -0.2) is 4.99 Å². The number of hydrogen-bond donors (Lipinski definition) is 2. The third kappa shape index (κ3) is 5.06. The number of carbonyl (C=O) groups is 1. The number of nitrogens with one attached hydrogen (secondary N) is 2. The molecule has 2 unspecified atom stereocenters. The number of hydrogen-bond acceptors (Lipinski definition) is 2. The molecule has 5 heteroatoms. The van der Waals surface area contributed by atoms with Crippen molar-refractivity contribution in [3.05, 3.63) is 0 Å². The maximum Gasteiger partial charge on any atom is 0.243 e. The minimum absolute atomic E-state index is 0.0127. The van der Waals surface area contributed by atoms with Gasteiger partial charge in [0.2, 0.25) is 5.91 Å². The summed E-state index contributed by atoms with van der Waals surface area (Å²) < 4.78 is 0. The Kier molecular flexibility index (Phi) is 4.78. The fourth-order valence-corrected chi connectivity index (χ4v) is 1.39. The predicted octanol–water partition coefficient (Wildman–Crippen LogP) is 0.427. The lowest BCUT2D eigenvalue weighted by atomic mass is 10.4. The summed E-state index contributed by atoms with van der Waals surface area (Å²) in [6.45, 7) is 6.51. The summed E-state index contributed by atoms with van der Waals surface area (Å²) in [5.74, 6) is 1.46. The highest BCUT2D eigenvalue weighted by molar-refractivity contribution is 5.85. The third-order valence-corrected chi connectivity index (χ3v) is 2.73. The van der Waals surface area contributed by atoms with Crippen LogP contribution in [0.4, 0.5) is 0 Å². The van der Waals surface area contributed by atoms with Crippen LogP contribution in [0.5, 0.6) is 0 Å². The molecule has 0 heterocycles. The van der Waals surface area contributed by atoms with E-state index in [4.69, 9.17) is 0 Å². The SMILES string of the molecule is CC(C)NC(=NCC(=O)N(C)C)NC1CC1C. The molecule has 1 aliphatic rings. The first-order chi connectivity index (χ1) is 7.90. The molecule has 0 saturated heterocycles. The zero-order valence-corrected chi connectivity index (χ0v) is 11.4. The van der Waals surface area contributed by atoms with E-state index in [0.29, 0.717) is 18.0 Å². The molecular formula is C12H24N4O. The van der Waals surface area contributed by atoms with Crippen molar-refractivity contribution in [1.29, 1.82) is 0 Å². The highest BCUT2D eigenvalue weighted by Crippen LogP contribution is 2.28. The highest BCUT2D eigenvalue weighted by atomic mass is 16.2. The highest BCUT2D eigenvalue weighted by Gasteiger charge is 2.33. The number of rotatable bonds is 4. The average molecular weight is 240 g/mol. The lowest BCUT2D eigenvalue weighted by Crippen LogP contribution is -2.43. The van der Waals surface area contributed by atoms with Crippen molar-refractivity contribution in [2.24, 2.45) is 10.9 Å². The quantitative estimate of drug-likeness (QED) is 0.553. The van der Waals surface area contributed by atoms with Gasteiger partial charge < -0.3 is 15.5 Å². The van der Waals surface area contributed by atoms with Crippen LogP contribution in [-0.4, -0.2) is 49.5 Å². The van der Waals surface area contributed by atoms with Gasteiger partial charge in [0.25, 0.3) is 0 Å². The summed E-state index contributed by atoms with van der Waals surface area (Å²) >= 11 is 0. The van der Waals surface area contributed by atoms with Crippen LogP contribution in [0, 0.1) is 5.92 Å². The first kappa shape index (κ1) is 13.8. The zero-order chi connectivity index (χ0) is 13.0. The van der Waals surface area contributed by atoms with Crippen LogP contribution >= 0.6 is 0 Å². The maximum atomic E-state index is 11.5. The van der Waals surface area contributed by atoms with Gasteiger partial charge in [-0.05, 0) is 26.2 Å². The summed E-state index contributed by atoms with van der Waals surface area (Å²) in [7, 11) is 3.48. The Hall–Kier alpha value is -1.26. The molecular weight excluding hydrogens is 216 g/mol. The van der Waals surface area contributed by atoms with Crippen LogP contribution in [0.25, 0.3) is 0 Å². The first-order valence-electron chi connectivity index (χ1n) is 6.17. The Morgan fingerprint density at radius 1 is 1.47 bits per heavy atom. The van der Waals surface area contributed by atoms with Crippen LogP contribution < -0.4 is 10.6 Å². The van der Waals surface area contributed by atoms with Gasteiger partial charge in [0.15, 0.2) is 5.96 Å². The molecule has 0 spiro atoms. The second kappa shape index (κ2) is 5.89.